The van der Waals surface area contributed by atoms with E-state index in [1.807, 2.05) is 12.2 Å². The maximum atomic E-state index is 13.0. The first-order chi connectivity index (χ1) is 15.8. The van der Waals surface area contributed by atoms with Crippen molar-refractivity contribution < 1.29 is 14.3 Å². The molecule has 2 aliphatic heterocycles. The first-order valence-corrected chi connectivity index (χ1v) is 11.6. The van der Waals surface area contributed by atoms with Gasteiger partial charge in [-0.05, 0) is 60.4 Å². The summed E-state index contributed by atoms with van der Waals surface area (Å²) in [5, 5.41) is 0. The Morgan fingerprint density at radius 3 is 1.34 bits per heavy atom. The molecule has 3 fully saturated rings. The first kappa shape index (κ1) is 21.0. The summed E-state index contributed by atoms with van der Waals surface area (Å²) in [7, 11) is 0. The number of rotatable bonds is 4. The minimum atomic E-state index is 0.180. The lowest BCUT2D eigenvalue weighted by Gasteiger charge is -2.28. The smallest absolute Gasteiger partial charge is 0.185 e. The first-order valence-electron chi connectivity index (χ1n) is 11.6. The molecule has 1 aliphatic carbocycles. The molecule has 0 N–H and O–H groups in total. The van der Waals surface area contributed by atoms with Gasteiger partial charge in [0.1, 0.15) is 0 Å². The molecular weight excluding hydrogens is 400 g/mol. The van der Waals surface area contributed by atoms with Crippen molar-refractivity contribution in [2.45, 2.75) is 12.8 Å². The van der Waals surface area contributed by atoms with Crippen molar-refractivity contribution in [3.8, 4) is 0 Å². The average Bonchev–Trinajstić information content (AvgIpc) is 3.20. The molecule has 5 rings (SSSR count). The van der Waals surface area contributed by atoms with Gasteiger partial charge in [0.25, 0.3) is 0 Å². The number of hydrogen-bond donors (Lipinski definition) is 0. The molecule has 5 heteroatoms. The molecule has 2 saturated heterocycles. The Labute approximate surface area is 189 Å². The summed E-state index contributed by atoms with van der Waals surface area (Å²) < 4.78 is 10.9. The van der Waals surface area contributed by atoms with Gasteiger partial charge < -0.3 is 19.3 Å². The molecule has 2 aromatic carbocycles. The number of hydrogen-bond acceptors (Lipinski definition) is 5. The van der Waals surface area contributed by atoms with Crippen LogP contribution in [0.1, 0.15) is 24.0 Å². The highest BCUT2D eigenvalue weighted by Crippen LogP contribution is 2.30. The second-order valence-electron chi connectivity index (χ2n) is 8.55. The summed E-state index contributed by atoms with van der Waals surface area (Å²) in [5.41, 5.74) is 6.41. The molecule has 0 aromatic heterocycles. The fourth-order valence-corrected chi connectivity index (χ4v) is 4.59. The number of nitrogens with zero attached hydrogens (tertiary/aromatic N) is 2. The van der Waals surface area contributed by atoms with E-state index in [-0.39, 0.29) is 5.78 Å². The highest BCUT2D eigenvalue weighted by Gasteiger charge is 2.23. The van der Waals surface area contributed by atoms with Crippen molar-refractivity contribution >= 4 is 29.3 Å². The molecule has 0 amide bonds. The van der Waals surface area contributed by atoms with Gasteiger partial charge in [-0.3, -0.25) is 4.79 Å². The Morgan fingerprint density at radius 2 is 0.969 bits per heavy atom. The van der Waals surface area contributed by atoms with E-state index in [2.05, 4.69) is 58.3 Å². The minimum absolute atomic E-state index is 0.180. The molecule has 1 saturated carbocycles. The molecule has 0 atom stereocenters. The molecule has 0 radical (unpaired) electrons. The highest BCUT2D eigenvalue weighted by molar-refractivity contribution is 6.15. The fourth-order valence-electron chi connectivity index (χ4n) is 4.59. The summed E-state index contributed by atoms with van der Waals surface area (Å²) in [5.74, 6) is 0.180. The third-order valence-electron chi connectivity index (χ3n) is 6.47. The Balaban J connectivity index is 1.25. The van der Waals surface area contributed by atoms with Crippen LogP contribution in [0.4, 0.5) is 11.4 Å². The molecule has 166 valence electrons. The van der Waals surface area contributed by atoms with Crippen LogP contribution in [0.15, 0.2) is 59.7 Å². The van der Waals surface area contributed by atoms with Crippen LogP contribution in [-0.2, 0) is 14.3 Å². The van der Waals surface area contributed by atoms with Crippen LogP contribution in [0.3, 0.4) is 0 Å². The van der Waals surface area contributed by atoms with Crippen LogP contribution in [0, 0.1) is 0 Å². The minimum Gasteiger partial charge on any atom is -0.378 e. The SMILES string of the molecule is O=C1/C(=C/c2ccc(N3CCOCC3)cc2)CC/C1=C\c1ccc(N2CCOCC2)cc1. The van der Waals surface area contributed by atoms with E-state index in [1.54, 1.807) is 0 Å². The van der Waals surface area contributed by atoms with E-state index in [0.29, 0.717) is 0 Å². The molecule has 0 spiro atoms. The molecule has 32 heavy (non-hydrogen) atoms. The number of ketones is 1. The normalized spacial score (nSPS) is 22.2. The monoisotopic (exact) mass is 430 g/mol. The topological polar surface area (TPSA) is 42.0 Å². The molecule has 0 unspecified atom stereocenters. The zero-order valence-electron chi connectivity index (χ0n) is 18.5. The summed E-state index contributed by atoms with van der Waals surface area (Å²) in [6, 6.07) is 17.0. The molecule has 2 heterocycles. The number of anilines is 2. The van der Waals surface area contributed by atoms with Crippen molar-refractivity contribution in [2.24, 2.45) is 0 Å². The van der Waals surface area contributed by atoms with Crippen LogP contribution >= 0.6 is 0 Å². The van der Waals surface area contributed by atoms with Crippen molar-refractivity contribution in [3.63, 3.8) is 0 Å². The van der Waals surface area contributed by atoms with Gasteiger partial charge in [0.05, 0.1) is 26.4 Å². The van der Waals surface area contributed by atoms with Gasteiger partial charge in [0.15, 0.2) is 5.78 Å². The van der Waals surface area contributed by atoms with Gasteiger partial charge in [-0.2, -0.15) is 0 Å². The van der Waals surface area contributed by atoms with Crippen molar-refractivity contribution in [3.05, 3.63) is 70.8 Å². The van der Waals surface area contributed by atoms with Crippen LogP contribution < -0.4 is 9.80 Å². The zero-order valence-corrected chi connectivity index (χ0v) is 18.5. The Kier molecular flexibility index (Phi) is 6.37. The number of benzene rings is 2. The summed E-state index contributed by atoms with van der Waals surface area (Å²) in [4.78, 5) is 17.6. The van der Waals surface area contributed by atoms with E-state index in [4.69, 9.17) is 9.47 Å². The number of Topliss-reactive ketones (excluding diaryl/α,β-unsaturated/α-hetero) is 1. The summed E-state index contributed by atoms with van der Waals surface area (Å²) >= 11 is 0. The maximum Gasteiger partial charge on any atom is 0.185 e. The second-order valence-corrected chi connectivity index (χ2v) is 8.55. The molecule has 3 aliphatic rings. The predicted octanol–water partition coefficient (Wildman–Crippen LogP) is 4.19. The Bertz CT molecular complexity index is 915. The van der Waals surface area contributed by atoms with Crippen molar-refractivity contribution in [1.29, 1.82) is 0 Å². The summed E-state index contributed by atoms with van der Waals surface area (Å²) in [6.07, 6.45) is 5.71. The number of carbonyl (C=O) groups is 1. The Morgan fingerprint density at radius 1 is 0.594 bits per heavy atom. The third kappa shape index (κ3) is 4.79. The van der Waals surface area contributed by atoms with E-state index >= 15 is 0 Å². The van der Waals surface area contributed by atoms with Gasteiger partial charge in [-0.25, -0.2) is 0 Å². The molecule has 2 aromatic rings. The van der Waals surface area contributed by atoms with Crippen molar-refractivity contribution in [1.82, 2.24) is 0 Å². The third-order valence-corrected chi connectivity index (χ3v) is 6.47. The predicted molar refractivity (Wildman–Crippen MR) is 129 cm³/mol. The van der Waals surface area contributed by atoms with E-state index in [0.717, 1.165) is 87.7 Å². The van der Waals surface area contributed by atoms with E-state index in [1.165, 1.54) is 11.4 Å². The number of morpholine rings is 2. The molecule has 0 bridgehead atoms. The largest absolute Gasteiger partial charge is 0.378 e. The zero-order chi connectivity index (χ0) is 21.8. The van der Waals surface area contributed by atoms with Crippen LogP contribution in [0.25, 0.3) is 12.2 Å². The number of carbonyl (C=O) groups excluding carboxylic acids is 1. The number of ether oxygens (including phenoxy) is 2. The van der Waals surface area contributed by atoms with Gasteiger partial charge >= 0.3 is 0 Å². The lowest BCUT2D eigenvalue weighted by molar-refractivity contribution is -0.111. The van der Waals surface area contributed by atoms with Gasteiger partial charge in [-0.1, -0.05) is 24.3 Å². The van der Waals surface area contributed by atoms with Gasteiger partial charge in [0, 0.05) is 48.7 Å². The average molecular weight is 431 g/mol. The fraction of sp³-hybridized carbons (Fsp3) is 0.370. The van der Waals surface area contributed by atoms with Crippen LogP contribution in [0.2, 0.25) is 0 Å². The highest BCUT2D eigenvalue weighted by atomic mass is 16.5. The van der Waals surface area contributed by atoms with Crippen LogP contribution in [0.5, 0.6) is 0 Å². The molecular formula is C27H30N2O3. The lowest BCUT2D eigenvalue weighted by atomic mass is 10.1. The van der Waals surface area contributed by atoms with Crippen molar-refractivity contribution in [2.75, 3.05) is 62.4 Å². The van der Waals surface area contributed by atoms with Crippen LogP contribution in [-0.4, -0.2) is 58.4 Å². The molecule has 5 nitrogen and oxygen atoms in total. The summed E-state index contributed by atoms with van der Waals surface area (Å²) in [6.45, 7) is 6.86. The number of allylic oxidation sites excluding steroid dienone is 2. The quantitative estimate of drug-likeness (QED) is 0.681. The second kappa shape index (κ2) is 9.72. The van der Waals surface area contributed by atoms with Gasteiger partial charge in [-0.15, -0.1) is 0 Å². The van der Waals surface area contributed by atoms with E-state index < -0.39 is 0 Å². The van der Waals surface area contributed by atoms with E-state index in [9.17, 15) is 4.79 Å². The Hall–Kier alpha value is -2.89. The standard InChI is InChI=1S/C27H30N2O3/c30-27-23(19-21-1-7-25(8-2-21)28-11-15-31-16-12-28)5-6-24(27)20-22-3-9-26(10-4-22)29-13-17-32-18-14-29/h1-4,7-10,19-20H,5-6,11-18H2/b23-19+,24-20+. The lowest BCUT2D eigenvalue weighted by Crippen LogP contribution is -2.36. The maximum absolute atomic E-state index is 13.0. The van der Waals surface area contributed by atoms with Gasteiger partial charge in [0.2, 0.25) is 0 Å².